The molecule has 2 rings (SSSR count). The van der Waals surface area contributed by atoms with Gasteiger partial charge in [0.25, 0.3) is 0 Å². The largest absolute Gasteiger partial charge is 0.497 e. The Kier molecular flexibility index (Phi) is 4.23. The molecule has 0 heterocycles. The zero-order chi connectivity index (χ0) is 15.4. The lowest BCUT2D eigenvalue weighted by molar-refractivity contribution is 0.0696. The summed E-state index contributed by atoms with van der Waals surface area (Å²) in [7, 11) is 3.00. The second-order valence-electron chi connectivity index (χ2n) is 4.28. The molecule has 0 aliphatic rings. The van der Waals surface area contributed by atoms with Crippen molar-refractivity contribution in [3.8, 4) is 11.5 Å². The number of hydrogen-bond acceptors (Lipinski definition) is 4. The molecule has 0 unspecified atom stereocenters. The van der Waals surface area contributed by atoms with E-state index in [9.17, 15) is 9.59 Å². The number of methoxy groups -OCH3 is 2. The minimum Gasteiger partial charge on any atom is -0.497 e. The lowest BCUT2D eigenvalue weighted by Gasteiger charge is -2.09. The van der Waals surface area contributed by atoms with Gasteiger partial charge < -0.3 is 14.6 Å². The standard InChI is InChI=1S/C16H14O5/c1-20-12-7-8-13(14(9-12)21-2)15(17)10-3-5-11(6-4-10)16(18)19/h3-9H,1-2H3,(H,18,19). The van der Waals surface area contributed by atoms with Crippen LogP contribution in [0.25, 0.3) is 0 Å². The Bertz CT molecular complexity index is 674. The Balaban J connectivity index is 2.37. The molecule has 0 saturated carbocycles. The van der Waals surface area contributed by atoms with Gasteiger partial charge in [-0.15, -0.1) is 0 Å². The third-order valence-corrected chi connectivity index (χ3v) is 3.05. The first-order valence-corrected chi connectivity index (χ1v) is 6.17. The Morgan fingerprint density at radius 1 is 0.905 bits per heavy atom. The molecule has 108 valence electrons. The summed E-state index contributed by atoms with van der Waals surface area (Å²) in [5, 5.41) is 8.85. The van der Waals surface area contributed by atoms with Crippen molar-refractivity contribution in [2.24, 2.45) is 0 Å². The van der Waals surface area contributed by atoms with Crippen LogP contribution in [0.4, 0.5) is 0 Å². The zero-order valence-electron chi connectivity index (χ0n) is 11.6. The van der Waals surface area contributed by atoms with Crippen molar-refractivity contribution in [1.82, 2.24) is 0 Å². The smallest absolute Gasteiger partial charge is 0.335 e. The van der Waals surface area contributed by atoms with Gasteiger partial charge in [-0.3, -0.25) is 4.79 Å². The van der Waals surface area contributed by atoms with E-state index in [-0.39, 0.29) is 11.3 Å². The molecular weight excluding hydrogens is 272 g/mol. The lowest BCUT2D eigenvalue weighted by Crippen LogP contribution is -2.05. The minimum atomic E-state index is -1.03. The second kappa shape index (κ2) is 6.09. The molecule has 0 aliphatic heterocycles. The highest BCUT2D eigenvalue weighted by molar-refractivity contribution is 6.11. The van der Waals surface area contributed by atoms with E-state index in [0.29, 0.717) is 22.6 Å². The van der Waals surface area contributed by atoms with Crippen molar-refractivity contribution in [2.75, 3.05) is 14.2 Å². The second-order valence-corrected chi connectivity index (χ2v) is 4.28. The maximum atomic E-state index is 12.4. The number of carbonyl (C=O) groups excluding carboxylic acids is 1. The average Bonchev–Trinajstić information content (AvgIpc) is 2.53. The number of hydrogen-bond donors (Lipinski definition) is 1. The Labute approximate surface area is 121 Å². The van der Waals surface area contributed by atoms with Crippen molar-refractivity contribution in [3.63, 3.8) is 0 Å². The number of carboxylic acids is 1. The highest BCUT2D eigenvalue weighted by Crippen LogP contribution is 2.26. The van der Waals surface area contributed by atoms with Crippen LogP contribution >= 0.6 is 0 Å². The Morgan fingerprint density at radius 2 is 1.52 bits per heavy atom. The summed E-state index contributed by atoms with van der Waals surface area (Å²) in [6.45, 7) is 0. The molecule has 2 aromatic rings. The first-order valence-electron chi connectivity index (χ1n) is 6.17. The van der Waals surface area contributed by atoms with E-state index in [1.165, 1.54) is 38.5 Å². The monoisotopic (exact) mass is 286 g/mol. The van der Waals surface area contributed by atoms with Gasteiger partial charge >= 0.3 is 5.97 Å². The fourth-order valence-corrected chi connectivity index (χ4v) is 1.91. The first-order chi connectivity index (χ1) is 10.1. The SMILES string of the molecule is COc1ccc(C(=O)c2ccc(C(=O)O)cc2)c(OC)c1. The lowest BCUT2D eigenvalue weighted by atomic mass is 10.0. The Morgan fingerprint density at radius 3 is 2.05 bits per heavy atom. The zero-order valence-corrected chi connectivity index (χ0v) is 11.6. The van der Waals surface area contributed by atoms with E-state index in [4.69, 9.17) is 14.6 Å². The van der Waals surface area contributed by atoms with Crippen LogP contribution in [-0.4, -0.2) is 31.1 Å². The van der Waals surface area contributed by atoms with Crippen LogP contribution in [0.1, 0.15) is 26.3 Å². The van der Waals surface area contributed by atoms with E-state index in [1.807, 2.05) is 0 Å². The van der Waals surface area contributed by atoms with Crippen LogP contribution in [0.3, 0.4) is 0 Å². The molecule has 1 N–H and O–H groups in total. The van der Waals surface area contributed by atoms with E-state index in [1.54, 1.807) is 18.2 Å². The Hall–Kier alpha value is -2.82. The third-order valence-electron chi connectivity index (χ3n) is 3.05. The summed E-state index contributed by atoms with van der Waals surface area (Å²) in [6.07, 6.45) is 0. The number of carboxylic acid groups (broad SMARTS) is 1. The summed E-state index contributed by atoms with van der Waals surface area (Å²) in [4.78, 5) is 23.2. The van der Waals surface area contributed by atoms with Crippen molar-refractivity contribution >= 4 is 11.8 Å². The molecule has 0 radical (unpaired) electrons. The first kappa shape index (κ1) is 14.6. The number of aromatic carboxylic acids is 1. The summed E-state index contributed by atoms with van der Waals surface area (Å²) in [6, 6.07) is 10.7. The summed E-state index contributed by atoms with van der Waals surface area (Å²) in [5.41, 5.74) is 0.915. The van der Waals surface area contributed by atoms with E-state index in [0.717, 1.165) is 0 Å². The van der Waals surface area contributed by atoms with E-state index < -0.39 is 5.97 Å². The fraction of sp³-hybridized carbons (Fsp3) is 0.125. The topological polar surface area (TPSA) is 72.8 Å². The highest BCUT2D eigenvalue weighted by atomic mass is 16.5. The van der Waals surface area contributed by atoms with Gasteiger partial charge in [0.2, 0.25) is 0 Å². The predicted molar refractivity (Wildman–Crippen MR) is 76.4 cm³/mol. The number of carbonyl (C=O) groups is 2. The number of ether oxygens (including phenoxy) is 2. The van der Waals surface area contributed by atoms with E-state index >= 15 is 0 Å². The van der Waals surface area contributed by atoms with Gasteiger partial charge in [-0.1, -0.05) is 12.1 Å². The maximum Gasteiger partial charge on any atom is 0.335 e. The molecule has 0 aromatic heterocycles. The summed E-state index contributed by atoms with van der Waals surface area (Å²) >= 11 is 0. The van der Waals surface area contributed by atoms with Crippen LogP contribution in [0, 0.1) is 0 Å². The molecule has 0 bridgehead atoms. The molecule has 0 saturated heterocycles. The van der Waals surface area contributed by atoms with Crippen molar-refractivity contribution in [1.29, 1.82) is 0 Å². The van der Waals surface area contributed by atoms with Crippen LogP contribution in [-0.2, 0) is 0 Å². The van der Waals surface area contributed by atoms with Crippen LogP contribution in [0.2, 0.25) is 0 Å². The van der Waals surface area contributed by atoms with Gasteiger partial charge in [-0.25, -0.2) is 4.79 Å². The van der Waals surface area contributed by atoms with Crippen LogP contribution < -0.4 is 9.47 Å². The molecule has 2 aromatic carbocycles. The molecule has 21 heavy (non-hydrogen) atoms. The maximum absolute atomic E-state index is 12.4. The van der Waals surface area contributed by atoms with Gasteiger partial charge in [0.15, 0.2) is 5.78 Å². The summed E-state index contributed by atoms with van der Waals surface area (Å²) in [5.74, 6) is -0.284. The fourth-order valence-electron chi connectivity index (χ4n) is 1.91. The van der Waals surface area contributed by atoms with Crippen LogP contribution in [0.5, 0.6) is 11.5 Å². The van der Waals surface area contributed by atoms with Gasteiger partial charge in [0, 0.05) is 11.6 Å². The summed E-state index contributed by atoms with van der Waals surface area (Å²) < 4.78 is 10.3. The average molecular weight is 286 g/mol. The molecule has 0 aliphatic carbocycles. The molecule has 0 spiro atoms. The molecule has 5 heteroatoms. The molecule has 0 atom stereocenters. The van der Waals surface area contributed by atoms with Gasteiger partial charge in [0.05, 0.1) is 25.3 Å². The number of ketones is 1. The number of benzene rings is 2. The van der Waals surface area contributed by atoms with Crippen molar-refractivity contribution < 1.29 is 24.2 Å². The predicted octanol–water partition coefficient (Wildman–Crippen LogP) is 2.63. The molecule has 5 nitrogen and oxygen atoms in total. The van der Waals surface area contributed by atoms with Gasteiger partial charge in [-0.2, -0.15) is 0 Å². The molecular formula is C16H14O5. The highest BCUT2D eigenvalue weighted by Gasteiger charge is 2.15. The van der Waals surface area contributed by atoms with Crippen molar-refractivity contribution in [3.05, 3.63) is 59.2 Å². The molecule has 0 fully saturated rings. The number of rotatable bonds is 5. The van der Waals surface area contributed by atoms with E-state index in [2.05, 4.69) is 0 Å². The van der Waals surface area contributed by atoms with Crippen LogP contribution in [0.15, 0.2) is 42.5 Å². The van der Waals surface area contributed by atoms with Gasteiger partial charge in [-0.05, 0) is 24.3 Å². The van der Waals surface area contributed by atoms with Gasteiger partial charge in [0.1, 0.15) is 11.5 Å². The minimum absolute atomic E-state index is 0.133. The molecule has 0 amide bonds. The quantitative estimate of drug-likeness (QED) is 0.855. The normalized spacial score (nSPS) is 10.0. The third kappa shape index (κ3) is 3.02. The van der Waals surface area contributed by atoms with Crippen molar-refractivity contribution in [2.45, 2.75) is 0 Å².